The Kier molecular flexibility index (Phi) is 6.31. The normalized spacial score (nSPS) is 17.7. The van der Waals surface area contributed by atoms with Gasteiger partial charge >= 0.3 is 0 Å². The second-order valence-electron chi connectivity index (χ2n) is 9.92. The number of hydrogen-bond donors (Lipinski definition) is 2. The van der Waals surface area contributed by atoms with Gasteiger partial charge in [0, 0.05) is 36.1 Å². The topological polar surface area (TPSA) is 136 Å². The third-order valence-corrected chi connectivity index (χ3v) is 7.57. The maximum Gasteiger partial charge on any atom is 0.268 e. The molecule has 0 bridgehead atoms. The zero-order valence-electron chi connectivity index (χ0n) is 20.6. The van der Waals surface area contributed by atoms with Crippen molar-refractivity contribution in [2.45, 2.75) is 57.5 Å². The van der Waals surface area contributed by atoms with E-state index in [4.69, 9.17) is 10.7 Å². The fourth-order valence-electron chi connectivity index (χ4n) is 4.57. The van der Waals surface area contributed by atoms with Crippen LogP contribution in [0.2, 0.25) is 0 Å². The molecule has 3 aromatic heterocycles. The summed E-state index contributed by atoms with van der Waals surface area (Å²) in [5, 5.41) is 4.39. The van der Waals surface area contributed by atoms with Crippen molar-refractivity contribution in [2.75, 3.05) is 17.2 Å². The van der Waals surface area contributed by atoms with Crippen molar-refractivity contribution in [1.82, 2.24) is 24.5 Å². The smallest absolute Gasteiger partial charge is 0.268 e. The monoisotopic (exact) mass is 497 g/mol. The lowest BCUT2D eigenvalue weighted by Crippen LogP contribution is -2.41. The van der Waals surface area contributed by atoms with Crippen LogP contribution in [0.3, 0.4) is 0 Å². The van der Waals surface area contributed by atoms with E-state index in [1.165, 1.54) is 18.3 Å². The van der Waals surface area contributed by atoms with Crippen LogP contribution in [0.15, 0.2) is 47.8 Å². The van der Waals surface area contributed by atoms with E-state index in [2.05, 4.69) is 40.5 Å². The molecular formula is C24H31N7O3S. The average Bonchev–Trinajstić information content (AvgIpc) is 3.37. The largest absolute Gasteiger partial charge is 0.383 e. The van der Waals surface area contributed by atoms with Gasteiger partial charge in [0.05, 0.1) is 17.5 Å². The second kappa shape index (κ2) is 8.95. The first kappa shape index (κ1) is 24.6. The Balaban J connectivity index is 1.77. The Morgan fingerprint density at radius 2 is 2.00 bits per heavy atom. The molecule has 1 aliphatic rings. The predicted octanol–water partition coefficient (Wildman–Crippen LogP) is 3.25. The zero-order chi connectivity index (χ0) is 25.5. The number of nitrogen functional groups attached to an aromatic ring is 1. The summed E-state index contributed by atoms with van der Waals surface area (Å²) in [6.07, 6.45) is 5.94. The van der Waals surface area contributed by atoms with Gasteiger partial charge in [-0.1, -0.05) is 6.92 Å². The summed E-state index contributed by atoms with van der Waals surface area (Å²) in [5.74, 6) is -0.149. The van der Waals surface area contributed by atoms with Gasteiger partial charge < -0.3 is 10.6 Å². The molecule has 1 saturated heterocycles. The number of anilines is 2. The highest BCUT2D eigenvalue weighted by molar-refractivity contribution is 7.90. The number of carbonyl (C=O) groups is 1. The summed E-state index contributed by atoms with van der Waals surface area (Å²) in [5.41, 5.74) is 7.10. The van der Waals surface area contributed by atoms with Crippen molar-refractivity contribution in [3.05, 3.63) is 48.4 Å². The molecule has 1 aliphatic heterocycles. The third-order valence-electron chi connectivity index (χ3n) is 6.19. The van der Waals surface area contributed by atoms with Gasteiger partial charge in [-0.3, -0.25) is 9.48 Å². The molecule has 0 aliphatic carbocycles. The van der Waals surface area contributed by atoms with Crippen molar-refractivity contribution in [3.8, 4) is 11.3 Å². The molecule has 35 heavy (non-hydrogen) atoms. The van der Waals surface area contributed by atoms with Crippen molar-refractivity contribution < 1.29 is 13.2 Å². The third kappa shape index (κ3) is 4.86. The molecule has 0 radical (unpaired) electrons. The number of amides is 1. The fraction of sp³-hybridized carbons (Fsp3) is 0.417. The van der Waals surface area contributed by atoms with Gasteiger partial charge in [-0.2, -0.15) is 5.10 Å². The highest BCUT2D eigenvalue weighted by Crippen LogP contribution is 2.38. The highest BCUT2D eigenvalue weighted by atomic mass is 32.2. The van der Waals surface area contributed by atoms with Gasteiger partial charge in [0.15, 0.2) is 0 Å². The number of pyridine rings is 2. The maximum absolute atomic E-state index is 13.3. The molecule has 3 aromatic rings. The van der Waals surface area contributed by atoms with Crippen LogP contribution in [0.25, 0.3) is 11.3 Å². The molecule has 4 rings (SSSR count). The molecule has 0 spiro atoms. The quantitative estimate of drug-likeness (QED) is 0.530. The van der Waals surface area contributed by atoms with Gasteiger partial charge in [0.25, 0.3) is 15.9 Å². The molecule has 10 nitrogen and oxygen atoms in total. The predicted molar refractivity (Wildman–Crippen MR) is 134 cm³/mol. The van der Waals surface area contributed by atoms with E-state index in [1.54, 1.807) is 18.3 Å². The standard InChI is InChI=1S/C24H31N7O3S/c1-15(2)31-14-17(12-27-31)19-9-8-18(22(28-19)30-13-16(3)11-24(30,4)5)23(32)29-35(33,34)20-7-6-10-26-21(20)25/h6-10,12,14-16H,11,13H2,1-5H3,(H2,25,26)(H,29,32)/t16-/m0/s1. The number of rotatable bonds is 6. The number of hydrogen-bond acceptors (Lipinski definition) is 8. The molecular weight excluding hydrogens is 466 g/mol. The summed E-state index contributed by atoms with van der Waals surface area (Å²) >= 11 is 0. The van der Waals surface area contributed by atoms with Gasteiger partial charge in [0.2, 0.25) is 0 Å². The van der Waals surface area contributed by atoms with Crippen LogP contribution in [-0.2, 0) is 10.0 Å². The Bertz CT molecular complexity index is 1360. The van der Waals surface area contributed by atoms with E-state index in [9.17, 15) is 13.2 Å². The molecule has 3 N–H and O–H groups in total. The van der Waals surface area contributed by atoms with Crippen molar-refractivity contribution in [1.29, 1.82) is 0 Å². The maximum atomic E-state index is 13.3. The fourth-order valence-corrected chi connectivity index (χ4v) is 5.62. The van der Waals surface area contributed by atoms with Crippen LogP contribution in [0.4, 0.5) is 11.6 Å². The number of carbonyl (C=O) groups excluding carboxylic acids is 1. The van der Waals surface area contributed by atoms with Crippen LogP contribution in [0.5, 0.6) is 0 Å². The van der Waals surface area contributed by atoms with Gasteiger partial charge in [-0.15, -0.1) is 0 Å². The molecule has 1 atom stereocenters. The number of sulfonamides is 1. The number of nitrogens with one attached hydrogen (secondary N) is 1. The molecule has 11 heteroatoms. The molecule has 1 amide bonds. The number of nitrogens with two attached hydrogens (primary N) is 1. The van der Waals surface area contributed by atoms with Gasteiger partial charge in [-0.05, 0) is 64.3 Å². The lowest BCUT2D eigenvalue weighted by Gasteiger charge is -2.34. The van der Waals surface area contributed by atoms with Crippen molar-refractivity contribution in [2.24, 2.45) is 5.92 Å². The van der Waals surface area contributed by atoms with E-state index in [-0.39, 0.29) is 27.9 Å². The van der Waals surface area contributed by atoms with Crippen LogP contribution >= 0.6 is 0 Å². The SMILES string of the molecule is CC(C)n1cc(-c2ccc(C(=O)NS(=O)(=O)c3cccnc3N)c(N3C[C@@H](C)CC3(C)C)n2)cn1. The van der Waals surface area contributed by atoms with Crippen LogP contribution in [0.1, 0.15) is 57.4 Å². The van der Waals surface area contributed by atoms with Crippen molar-refractivity contribution in [3.63, 3.8) is 0 Å². The van der Waals surface area contributed by atoms with Crippen LogP contribution in [0, 0.1) is 5.92 Å². The van der Waals surface area contributed by atoms with Crippen LogP contribution in [-0.4, -0.2) is 46.2 Å². The van der Waals surface area contributed by atoms with E-state index in [0.717, 1.165) is 12.0 Å². The second-order valence-corrected chi connectivity index (χ2v) is 11.6. The minimum absolute atomic E-state index is 0.165. The van der Waals surface area contributed by atoms with E-state index < -0.39 is 15.9 Å². The summed E-state index contributed by atoms with van der Waals surface area (Å²) in [6, 6.07) is 6.26. The van der Waals surface area contributed by atoms with Gasteiger partial charge in [-0.25, -0.2) is 23.1 Å². The molecule has 4 heterocycles. The molecule has 186 valence electrons. The summed E-state index contributed by atoms with van der Waals surface area (Å²) < 4.78 is 29.8. The molecule has 0 unspecified atom stereocenters. The number of aromatic nitrogens is 4. The zero-order valence-corrected chi connectivity index (χ0v) is 21.4. The lowest BCUT2D eigenvalue weighted by atomic mass is 9.97. The lowest BCUT2D eigenvalue weighted by molar-refractivity contribution is 0.0981. The first-order valence-electron chi connectivity index (χ1n) is 11.5. The van der Waals surface area contributed by atoms with E-state index >= 15 is 0 Å². The molecule has 0 aromatic carbocycles. The van der Waals surface area contributed by atoms with Gasteiger partial charge in [0.1, 0.15) is 16.5 Å². The Morgan fingerprint density at radius 3 is 2.60 bits per heavy atom. The van der Waals surface area contributed by atoms with Crippen LogP contribution < -0.4 is 15.4 Å². The summed E-state index contributed by atoms with van der Waals surface area (Å²) in [6.45, 7) is 11.1. The Hall–Kier alpha value is -3.47. The summed E-state index contributed by atoms with van der Waals surface area (Å²) in [7, 11) is -4.23. The minimum atomic E-state index is -4.23. The Morgan fingerprint density at radius 1 is 1.26 bits per heavy atom. The van der Waals surface area contributed by atoms with E-state index in [1.807, 2.05) is 24.7 Å². The highest BCUT2D eigenvalue weighted by Gasteiger charge is 2.39. The average molecular weight is 498 g/mol. The first-order chi connectivity index (χ1) is 16.4. The number of nitrogens with zero attached hydrogens (tertiary/aromatic N) is 5. The minimum Gasteiger partial charge on any atom is -0.383 e. The molecule has 1 fully saturated rings. The van der Waals surface area contributed by atoms with E-state index in [0.29, 0.717) is 24.0 Å². The van der Waals surface area contributed by atoms with Crippen molar-refractivity contribution >= 4 is 27.6 Å². The molecule has 0 saturated carbocycles. The first-order valence-corrected chi connectivity index (χ1v) is 13.0. The summed E-state index contributed by atoms with van der Waals surface area (Å²) in [4.78, 5) is 23.8. The Labute approximate surface area is 205 Å².